The van der Waals surface area contributed by atoms with Crippen molar-refractivity contribution in [2.45, 2.75) is 6.42 Å². The molecule has 0 fully saturated rings. The van der Waals surface area contributed by atoms with Crippen LogP contribution in [0.4, 0.5) is 5.82 Å². The first-order chi connectivity index (χ1) is 11.9. The maximum absolute atomic E-state index is 12.6. The summed E-state index contributed by atoms with van der Waals surface area (Å²) in [6.07, 6.45) is 2.26. The molecule has 0 radical (unpaired) electrons. The van der Waals surface area contributed by atoms with Crippen molar-refractivity contribution in [1.82, 2.24) is 9.13 Å². The van der Waals surface area contributed by atoms with Crippen molar-refractivity contribution in [2.24, 2.45) is 14.1 Å². The Kier molecular flexibility index (Phi) is 4.39. The van der Waals surface area contributed by atoms with Crippen LogP contribution in [0.25, 0.3) is 5.57 Å². The minimum atomic E-state index is -0.340. The Balaban J connectivity index is 2.04. The highest BCUT2D eigenvalue weighted by molar-refractivity contribution is 5.76. The van der Waals surface area contributed by atoms with Crippen LogP contribution in [0.1, 0.15) is 12.0 Å². The Morgan fingerprint density at radius 1 is 1.00 bits per heavy atom. The van der Waals surface area contributed by atoms with E-state index >= 15 is 0 Å². The lowest BCUT2D eigenvalue weighted by atomic mass is 10.0. The highest BCUT2D eigenvalue weighted by atomic mass is 16.5. The third kappa shape index (κ3) is 2.93. The number of hydrogen-bond donors (Lipinski definition) is 0. The molecule has 132 valence electrons. The molecular weight excluding hydrogens is 322 g/mol. The molecule has 2 aromatic rings. The molecule has 1 aromatic heterocycles. The third-order valence-electron chi connectivity index (χ3n) is 4.43. The highest BCUT2D eigenvalue weighted by Gasteiger charge is 2.26. The molecule has 0 bridgehead atoms. The Morgan fingerprint density at radius 2 is 1.64 bits per heavy atom. The van der Waals surface area contributed by atoms with E-state index in [1.165, 1.54) is 11.6 Å². The van der Waals surface area contributed by atoms with Gasteiger partial charge in [0.25, 0.3) is 5.56 Å². The van der Waals surface area contributed by atoms with Gasteiger partial charge in [-0.25, -0.2) is 4.79 Å². The summed E-state index contributed by atoms with van der Waals surface area (Å²) in [5.74, 6) is 2.01. The second kappa shape index (κ2) is 6.51. The minimum absolute atomic E-state index is 0.311. The Bertz CT molecular complexity index is 939. The maximum Gasteiger partial charge on any atom is 0.332 e. The average molecular weight is 343 g/mol. The Hall–Kier alpha value is -2.96. The number of ether oxygens (including phenoxy) is 2. The monoisotopic (exact) mass is 343 g/mol. The van der Waals surface area contributed by atoms with Gasteiger partial charge < -0.3 is 14.4 Å². The standard InChI is InChI=1S/C18H21N3O4/c1-19-10-9-12(11-25-14-7-5-13(24-4)6-8-14)15-16(19)20(2)18(23)21(3)17(15)22/h5-8,11H,9-10H2,1-4H3/b12-11+. The highest BCUT2D eigenvalue weighted by Crippen LogP contribution is 2.30. The molecule has 1 aliphatic heterocycles. The molecule has 0 spiro atoms. The van der Waals surface area contributed by atoms with E-state index in [0.717, 1.165) is 15.9 Å². The molecule has 0 aliphatic carbocycles. The second-order valence-electron chi connectivity index (χ2n) is 6.01. The quantitative estimate of drug-likeness (QED) is 0.787. The fourth-order valence-corrected chi connectivity index (χ4v) is 2.99. The van der Waals surface area contributed by atoms with Gasteiger partial charge in [0.05, 0.1) is 18.9 Å². The summed E-state index contributed by atoms with van der Waals surface area (Å²) in [5.41, 5.74) is 0.633. The first-order valence-electron chi connectivity index (χ1n) is 7.95. The number of rotatable bonds is 3. The van der Waals surface area contributed by atoms with Gasteiger partial charge in [-0.1, -0.05) is 0 Å². The molecule has 0 N–H and O–H groups in total. The molecule has 1 aliphatic rings. The van der Waals surface area contributed by atoms with Crippen molar-refractivity contribution < 1.29 is 9.47 Å². The van der Waals surface area contributed by atoms with E-state index in [9.17, 15) is 9.59 Å². The molecule has 25 heavy (non-hydrogen) atoms. The molecule has 0 atom stereocenters. The van der Waals surface area contributed by atoms with Crippen LogP contribution in [0, 0.1) is 0 Å². The predicted molar refractivity (Wildman–Crippen MR) is 96.4 cm³/mol. The summed E-state index contributed by atoms with van der Waals surface area (Å²) < 4.78 is 13.5. The fraction of sp³-hybridized carbons (Fsp3) is 0.333. The SMILES string of the molecule is COc1ccc(O/C=C2\CCN(C)c3c2c(=O)n(C)c(=O)n3C)cc1. The summed E-state index contributed by atoms with van der Waals surface area (Å²) in [6, 6.07) is 7.20. The smallest absolute Gasteiger partial charge is 0.332 e. The van der Waals surface area contributed by atoms with Crippen molar-refractivity contribution in [2.75, 3.05) is 25.6 Å². The molecule has 3 rings (SSSR count). The van der Waals surface area contributed by atoms with E-state index in [1.54, 1.807) is 44.7 Å². The van der Waals surface area contributed by atoms with Gasteiger partial charge >= 0.3 is 5.69 Å². The number of fused-ring (bicyclic) bond motifs is 1. The van der Waals surface area contributed by atoms with E-state index in [4.69, 9.17) is 9.47 Å². The molecule has 7 nitrogen and oxygen atoms in total. The van der Waals surface area contributed by atoms with Crippen molar-refractivity contribution in [1.29, 1.82) is 0 Å². The van der Waals surface area contributed by atoms with Crippen LogP contribution in [-0.4, -0.2) is 29.8 Å². The maximum atomic E-state index is 12.6. The molecule has 0 unspecified atom stereocenters. The summed E-state index contributed by atoms with van der Waals surface area (Å²) in [7, 11) is 6.64. The zero-order chi connectivity index (χ0) is 18.1. The Morgan fingerprint density at radius 3 is 2.28 bits per heavy atom. The van der Waals surface area contributed by atoms with Crippen LogP contribution in [0.15, 0.2) is 40.1 Å². The van der Waals surface area contributed by atoms with E-state index in [-0.39, 0.29) is 11.2 Å². The van der Waals surface area contributed by atoms with E-state index < -0.39 is 0 Å². The lowest BCUT2D eigenvalue weighted by Gasteiger charge is -2.30. The molecule has 0 saturated carbocycles. The minimum Gasteiger partial charge on any atom is -0.497 e. The number of anilines is 1. The molecule has 0 amide bonds. The van der Waals surface area contributed by atoms with Crippen LogP contribution in [0.2, 0.25) is 0 Å². The van der Waals surface area contributed by atoms with Gasteiger partial charge in [-0.3, -0.25) is 13.9 Å². The van der Waals surface area contributed by atoms with Gasteiger partial charge in [0.1, 0.15) is 17.3 Å². The summed E-state index contributed by atoms with van der Waals surface area (Å²) in [5, 5.41) is 0. The van der Waals surface area contributed by atoms with Gasteiger partial charge in [-0.05, 0) is 30.7 Å². The number of benzene rings is 1. The predicted octanol–water partition coefficient (Wildman–Crippen LogP) is 1.35. The van der Waals surface area contributed by atoms with Crippen molar-refractivity contribution >= 4 is 11.4 Å². The van der Waals surface area contributed by atoms with Gasteiger partial charge in [-0.2, -0.15) is 0 Å². The topological polar surface area (TPSA) is 65.7 Å². The van der Waals surface area contributed by atoms with Crippen molar-refractivity contribution in [3.05, 3.63) is 56.9 Å². The fourth-order valence-electron chi connectivity index (χ4n) is 2.99. The number of methoxy groups -OCH3 is 1. The second-order valence-corrected chi connectivity index (χ2v) is 6.01. The van der Waals surface area contributed by atoms with Gasteiger partial charge in [-0.15, -0.1) is 0 Å². The Labute approximate surface area is 145 Å². The number of aromatic nitrogens is 2. The summed E-state index contributed by atoms with van der Waals surface area (Å²) >= 11 is 0. The number of nitrogens with zero attached hydrogens (tertiary/aromatic N) is 3. The zero-order valence-electron chi connectivity index (χ0n) is 14.8. The number of hydrogen-bond acceptors (Lipinski definition) is 5. The third-order valence-corrected chi connectivity index (χ3v) is 4.43. The van der Waals surface area contributed by atoms with Gasteiger partial charge in [0, 0.05) is 33.3 Å². The van der Waals surface area contributed by atoms with E-state index in [1.807, 2.05) is 11.9 Å². The van der Waals surface area contributed by atoms with Crippen molar-refractivity contribution in [3.8, 4) is 11.5 Å². The van der Waals surface area contributed by atoms with Gasteiger partial charge in [0.2, 0.25) is 0 Å². The first kappa shape index (κ1) is 16.9. The molecule has 0 saturated heterocycles. The zero-order valence-corrected chi connectivity index (χ0v) is 14.8. The lowest BCUT2D eigenvalue weighted by Crippen LogP contribution is -2.44. The van der Waals surface area contributed by atoms with Crippen molar-refractivity contribution in [3.63, 3.8) is 0 Å². The van der Waals surface area contributed by atoms with Crippen LogP contribution in [-0.2, 0) is 14.1 Å². The summed E-state index contributed by atoms with van der Waals surface area (Å²) in [4.78, 5) is 26.8. The molecule has 7 heteroatoms. The van der Waals surface area contributed by atoms with E-state index in [2.05, 4.69) is 0 Å². The molecular formula is C18H21N3O4. The van der Waals surface area contributed by atoms with Crippen LogP contribution >= 0.6 is 0 Å². The largest absolute Gasteiger partial charge is 0.497 e. The van der Waals surface area contributed by atoms with Crippen LogP contribution in [0.5, 0.6) is 11.5 Å². The first-order valence-corrected chi connectivity index (χ1v) is 7.95. The van der Waals surface area contributed by atoms with Crippen LogP contribution in [0.3, 0.4) is 0 Å². The lowest BCUT2D eigenvalue weighted by molar-refractivity contribution is 0.413. The van der Waals surface area contributed by atoms with Crippen LogP contribution < -0.4 is 25.6 Å². The molecule has 1 aromatic carbocycles. The summed E-state index contributed by atoms with van der Waals surface area (Å²) in [6.45, 7) is 0.700. The van der Waals surface area contributed by atoms with Gasteiger partial charge in [0.15, 0.2) is 0 Å². The normalized spacial score (nSPS) is 15.2. The molecule has 2 heterocycles. The average Bonchev–Trinajstić information content (AvgIpc) is 2.63. The van der Waals surface area contributed by atoms with E-state index in [0.29, 0.717) is 30.1 Å².